The second kappa shape index (κ2) is 16.7. The van der Waals surface area contributed by atoms with Gasteiger partial charge in [-0.1, -0.05) is 218 Å². The molecule has 11 aromatic carbocycles. The fraction of sp³-hybridized carbons (Fsp3) is 0. The third-order valence-electron chi connectivity index (χ3n) is 12.2. The molecule has 1 nitrogen and oxygen atoms in total. The molecule has 0 bridgehead atoms. The third-order valence-corrected chi connectivity index (χ3v) is 12.2. The molecule has 0 heterocycles. The molecule has 0 atom stereocenters. The predicted molar refractivity (Wildman–Crippen MR) is 269 cm³/mol. The Kier molecular flexibility index (Phi) is 9.97. The standard InChI is InChI=1S/C62H43N/c1-6-18-44(19-7-1)47-30-32-48(33-31-47)49-34-36-54(37-35-49)63(56-41-52(45-20-8-2-9-21-45)40-53(42-56)46-22-10-3-11-23-46)55-38-39-58-57-28-16-17-29-59(57)61(50-24-12-4-13-25-50)62(60(58)43-55)51-26-14-5-15-27-51/h1-43H. The summed E-state index contributed by atoms with van der Waals surface area (Å²) in [7, 11) is 0. The zero-order valence-corrected chi connectivity index (χ0v) is 34.8. The van der Waals surface area contributed by atoms with Gasteiger partial charge in [0.2, 0.25) is 0 Å². The van der Waals surface area contributed by atoms with Crippen LogP contribution in [0.5, 0.6) is 0 Å². The zero-order chi connectivity index (χ0) is 42.0. The Bertz CT molecular complexity index is 3270. The first-order valence-corrected chi connectivity index (χ1v) is 21.7. The van der Waals surface area contributed by atoms with Gasteiger partial charge < -0.3 is 4.90 Å². The Labute approximate surface area is 369 Å². The van der Waals surface area contributed by atoms with Crippen LogP contribution in [0, 0.1) is 0 Å². The maximum absolute atomic E-state index is 2.44. The number of hydrogen-bond donors (Lipinski definition) is 0. The van der Waals surface area contributed by atoms with Gasteiger partial charge in [-0.25, -0.2) is 0 Å². The van der Waals surface area contributed by atoms with Crippen LogP contribution >= 0.6 is 0 Å². The summed E-state index contributed by atoms with van der Waals surface area (Å²) >= 11 is 0. The van der Waals surface area contributed by atoms with E-state index < -0.39 is 0 Å². The van der Waals surface area contributed by atoms with Crippen LogP contribution in [-0.4, -0.2) is 0 Å². The number of anilines is 3. The van der Waals surface area contributed by atoms with Crippen LogP contribution in [0.1, 0.15) is 0 Å². The van der Waals surface area contributed by atoms with Crippen molar-refractivity contribution >= 4 is 38.6 Å². The van der Waals surface area contributed by atoms with Gasteiger partial charge in [0.1, 0.15) is 0 Å². The highest BCUT2D eigenvalue weighted by molar-refractivity contribution is 6.22. The van der Waals surface area contributed by atoms with Gasteiger partial charge in [-0.3, -0.25) is 0 Å². The molecule has 0 saturated carbocycles. The van der Waals surface area contributed by atoms with E-state index in [4.69, 9.17) is 0 Å². The van der Waals surface area contributed by atoms with Crippen molar-refractivity contribution in [3.05, 3.63) is 261 Å². The molecule has 0 aliphatic heterocycles. The lowest BCUT2D eigenvalue weighted by molar-refractivity contribution is 1.29. The first-order valence-electron chi connectivity index (χ1n) is 21.7. The van der Waals surface area contributed by atoms with Gasteiger partial charge in [0, 0.05) is 17.1 Å². The van der Waals surface area contributed by atoms with Crippen molar-refractivity contribution in [3.8, 4) is 66.8 Å². The number of fused-ring (bicyclic) bond motifs is 3. The number of benzene rings is 11. The summed E-state index contributed by atoms with van der Waals surface area (Å²) in [6.45, 7) is 0. The first kappa shape index (κ1) is 37.7. The van der Waals surface area contributed by atoms with Crippen molar-refractivity contribution in [1.29, 1.82) is 0 Å². The van der Waals surface area contributed by atoms with Crippen molar-refractivity contribution in [3.63, 3.8) is 0 Å². The first-order chi connectivity index (χ1) is 31.2. The van der Waals surface area contributed by atoms with E-state index in [1.165, 1.54) is 77.2 Å². The minimum Gasteiger partial charge on any atom is -0.310 e. The molecule has 0 aromatic heterocycles. The Hall–Kier alpha value is -8.26. The molecule has 0 aliphatic rings. The van der Waals surface area contributed by atoms with Gasteiger partial charge in [-0.2, -0.15) is 0 Å². The molecule has 296 valence electrons. The lowest BCUT2D eigenvalue weighted by Gasteiger charge is -2.28. The van der Waals surface area contributed by atoms with Crippen LogP contribution in [0.25, 0.3) is 88.3 Å². The van der Waals surface area contributed by atoms with Crippen molar-refractivity contribution in [2.45, 2.75) is 0 Å². The van der Waals surface area contributed by atoms with Crippen LogP contribution in [0.2, 0.25) is 0 Å². The van der Waals surface area contributed by atoms with Crippen LogP contribution in [-0.2, 0) is 0 Å². The minimum atomic E-state index is 1.08. The minimum absolute atomic E-state index is 1.08. The van der Waals surface area contributed by atoms with E-state index in [0.717, 1.165) is 28.2 Å². The summed E-state index contributed by atoms with van der Waals surface area (Å²) in [6, 6.07) is 94.7. The quantitative estimate of drug-likeness (QED) is 0.131. The van der Waals surface area contributed by atoms with Gasteiger partial charge in [0.15, 0.2) is 0 Å². The topological polar surface area (TPSA) is 3.24 Å². The van der Waals surface area contributed by atoms with Gasteiger partial charge in [0.25, 0.3) is 0 Å². The van der Waals surface area contributed by atoms with E-state index in [9.17, 15) is 0 Å². The molecule has 11 rings (SSSR count). The molecule has 0 spiro atoms. The zero-order valence-electron chi connectivity index (χ0n) is 34.8. The molecule has 63 heavy (non-hydrogen) atoms. The van der Waals surface area contributed by atoms with E-state index in [1.807, 2.05) is 0 Å². The molecule has 0 radical (unpaired) electrons. The molecule has 0 N–H and O–H groups in total. The largest absolute Gasteiger partial charge is 0.310 e. The van der Waals surface area contributed by atoms with Crippen molar-refractivity contribution in [2.24, 2.45) is 0 Å². The molecular formula is C62H43N. The molecule has 0 saturated heterocycles. The van der Waals surface area contributed by atoms with Crippen molar-refractivity contribution in [1.82, 2.24) is 0 Å². The molecular weight excluding hydrogens is 759 g/mol. The highest BCUT2D eigenvalue weighted by Crippen LogP contribution is 2.47. The molecule has 0 amide bonds. The summed E-state index contributed by atoms with van der Waals surface area (Å²) in [5, 5.41) is 4.92. The van der Waals surface area contributed by atoms with Crippen LogP contribution in [0.15, 0.2) is 261 Å². The molecule has 0 fully saturated rings. The predicted octanol–water partition coefficient (Wildman–Crippen LogP) is 17.5. The Morgan fingerprint density at radius 3 is 0.984 bits per heavy atom. The fourth-order valence-electron chi connectivity index (χ4n) is 9.20. The van der Waals surface area contributed by atoms with Gasteiger partial charge in [0.05, 0.1) is 0 Å². The summed E-state index contributed by atoms with van der Waals surface area (Å²) < 4.78 is 0. The fourth-order valence-corrected chi connectivity index (χ4v) is 9.20. The molecule has 0 unspecified atom stereocenters. The van der Waals surface area contributed by atoms with Gasteiger partial charge in [-0.15, -0.1) is 0 Å². The van der Waals surface area contributed by atoms with Crippen LogP contribution in [0.3, 0.4) is 0 Å². The van der Waals surface area contributed by atoms with Gasteiger partial charge >= 0.3 is 0 Å². The van der Waals surface area contributed by atoms with E-state index >= 15 is 0 Å². The average molecular weight is 802 g/mol. The number of nitrogens with zero attached hydrogens (tertiary/aromatic N) is 1. The van der Waals surface area contributed by atoms with E-state index in [1.54, 1.807) is 0 Å². The molecule has 0 aliphatic carbocycles. The van der Waals surface area contributed by atoms with E-state index in [-0.39, 0.29) is 0 Å². The van der Waals surface area contributed by atoms with E-state index in [0.29, 0.717) is 0 Å². The van der Waals surface area contributed by atoms with E-state index in [2.05, 4.69) is 266 Å². The third kappa shape index (κ3) is 7.37. The lowest BCUT2D eigenvalue weighted by Crippen LogP contribution is -2.10. The summed E-state index contributed by atoms with van der Waals surface area (Å²) in [5.41, 5.74) is 17.6. The summed E-state index contributed by atoms with van der Waals surface area (Å²) in [4.78, 5) is 2.44. The number of rotatable bonds is 9. The second-order valence-corrected chi connectivity index (χ2v) is 16.1. The normalized spacial score (nSPS) is 11.2. The molecule has 11 aromatic rings. The van der Waals surface area contributed by atoms with Crippen LogP contribution < -0.4 is 4.90 Å². The smallest absolute Gasteiger partial charge is 0.0473 e. The Morgan fingerprint density at radius 2 is 0.508 bits per heavy atom. The maximum Gasteiger partial charge on any atom is 0.0473 e. The highest BCUT2D eigenvalue weighted by Gasteiger charge is 2.21. The SMILES string of the molecule is c1ccc(-c2ccc(-c3ccc(N(c4cc(-c5ccccc5)cc(-c5ccccc5)c4)c4ccc5c(c4)c(-c4ccccc4)c(-c4ccccc4)c4ccccc45)cc3)cc2)cc1. The van der Waals surface area contributed by atoms with Crippen LogP contribution in [0.4, 0.5) is 17.1 Å². The number of hydrogen-bond acceptors (Lipinski definition) is 1. The van der Waals surface area contributed by atoms with Crippen molar-refractivity contribution < 1.29 is 0 Å². The maximum atomic E-state index is 2.44. The lowest BCUT2D eigenvalue weighted by atomic mass is 9.85. The average Bonchev–Trinajstić information content (AvgIpc) is 3.37. The Morgan fingerprint density at radius 1 is 0.175 bits per heavy atom. The summed E-state index contributed by atoms with van der Waals surface area (Å²) in [5.74, 6) is 0. The summed E-state index contributed by atoms with van der Waals surface area (Å²) in [6.07, 6.45) is 0. The monoisotopic (exact) mass is 801 g/mol. The van der Waals surface area contributed by atoms with Crippen molar-refractivity contribution in [2.75, 3.05) is 4.90 Å². The Balaban J connectivity index is 1.15. The van der Waals surface area contributed by atoms with Gasteiger partial charge in [-0.05, 0) is 131 Å². The second-order valence-electron chi connectivity index (χ2n) is 16.1. The molecule has 1 heteroatoms. The highest BCUT2D eigenvalue weighted by atomic mass is 15.1.